The Balaban J connectivity index is 1.82. The number of phenols is 1. The number of hydrogen-bond acceptors (Lipinski definition) is 4. The number of hydrogen-bond donors (Lipinski definition) is 1. The number of rotatable bonds is 6. The van der Waals surface area contributed by atoms with Gasteiger partial charge >= 0.3 is 11.1 Å². The van der Waals surface area contributed by atoms with Crippen molar-refractivity contribution in [3.05, 3.63) is 104 Å². The van der Waals surface area contributed by atoms with E-state index < -0.39 is 16.9 Å². The average molecular weight is 562 g/mol. The predicted molar refractivity (Wildman–Crippen MR) is 155 cm³/mol. The van der Waals surface area contributed by atoms with Gasteiger partial charge in [-0.1, -0.05) is 50.2 Å². The monoisotopic (exact) mass is 561 g/mol. The molecule has 1 saturated heterocycles. The zero-order valence-corrected chi connectivity index (χ0v) is 23.2. The first-order valence-electron chi connectivity index (χ1n) is 13.0. The van der Waals surface area contributed by atoms with Gasteiger partial charge in [0.25, 0.3) is 0 Å². The molecule has 4 aromatic rings. The van der Waals surface area contributed by atoms with Crippen molar-refractivity contribution in [1.82, 2.24) is 14.0 Å². The summed E-state index contributed by atoms with van der Waals surface area (Å²) < 4.78 is 17.7. The predicted octanol–water partition coefficient (Wildman–Crippen LogP) is 5.39. The van der Waals surface area contributed by atoms with Crippen LogP contribution in [0.5, 0.6) is 5.75 Å². The van der Waals surface area contributed by atoms with Crippen LogP contribution in [0.1, 0.15) is 30.9 Å². The van der Waals surface area contributed by atoms with E-state index in [0.29, 0.717) is 29.8 Å². The molecule has 0 radical (unpaired) electrons. The smallest absolute Gasteiger partial charge is 0.321 e. The van der Waals surface area contributed by atoms with E-state index in [0.717, 1.165) is 17.2 Å². The van der Waals surface area contributed by atoms with E-state index >= 15 is 0 Å². The molecule has 0 bridgehead atoms. The van der Waals surface area contributed by atoms with E-state index in [-0.39, 0.29) is 46.2 Å². The summed E-state index contributed by atoms with van der Waals surface area (Å²) in [7, 11) is 0. The number of aromatic hydroxyl groups is 1. The number of amides is 1. The normalized spacial score (nSPS) is 13.6. The van der Waals surface area contributed by atoms with Gasteiger partial charge in [0.2, 0.25) is 5.91 Å². The minimum absolute atomic E-state index is 0.0397. The van der Waals surface area contributed by atoms with Gasteiger partial charge in [0, 0.05) is 36.7 Å². The van der Waals surface area contributed by atoms with Crippen LogP contribution in [0.4, 0.5) is 4.39 Å². The highest BCUT2D eigenvalue weighted by Gasteiger charge is 2.31. The molecule has 9 heteroatoms. The minimum Gasteiger partial charge on any atom is -0.508 e. The molecule has 5 rings (SSSR count). The summed E-state index contributed by atoms with van der Waals surface area (Å²) in [6, 6.07) is 12.5. The molecule has 1 aromatic heterocycles. The maximum absolute atomic E-state index is 14.9. The molecular weight excluding hydrogens is 533 g/mol. The number of carbonyl (C=O) groups is 1. The number of aryl methyl sites for hydroxylation is 1. The van der Waals surface area contributed by atoms with E-state index in [9.17, 15) is 23.9 Å². The van der Waals surface area contributed by atoms with Gasteiger partial charge in [-0.25, -0.2) is 4.39 Å². The molecular formula is C31H29ClFN3O4. The van der Waals surface area contributed by atoms with Crippen LogP contribution in [0.15, 0.2) is 70.8 Å². The van der Waals surface area contributed by atoms with Crippen LogP contribution < -0.4 is 11.1 Å². The fraction of sp³-hybridized carbons (Fsp3) is 0.258. The van der Waals surface area contributed by atoms with Crippen LogP contribution in [0.25, 0.3) is 27.8 Å². The van der Waals surface area contributed by atoms with Crippen LogP contribution in [0.2, 0.25) is 5.02 Å². The Hall–Kier alpha value is -4.17. The lowest BCUT2D eigenvalue weighted by atomic mass is 9.97. The molecule has 1 N–H and O–H groups in total. The van der Waals surface area contributed by atoms with E-state index in [4.69, 9.17) is 11.6 Å². The number of halogens is 2. The van der Waals surface area contributed by atoms with Gasteiger partial charge in [-0.3, -0.25) is 19.0 Å². The molecule has 3 aromatic carbocycles. The van der Waals surface area contributed by atoms with Crippen LogP contribution in [-0.4, -0.2) is 38.1 Å². The molecule has 0 saturated carbocycles. The summed E-state index contributed by atoms with van der Waals surface area (Å²) in [6.07, 6.45) is 1.25. The standard InChI is InChI=1S/C31H29ClFN3O4/c1-5-28(38)34-14-19(15-34)16-35-26-13-24(32)22(23-11-20(37)9-10-25(23)33)12-27(26)36(31(40)30(35)39)29-18(4)7-6-8-21(29)17(2)3/h5-13,17,19,37H,1,14-16H2,2-4H3. The highest BCUT2D eigenvalue weighted by atomic mass is 35.5. The fourth-order valence-electron chi connectivity index (χ4n) is 5.41. The van der Waals surface area contributed by atoms with Gasteiger partial charge in [0.05, 0.1) is 21.7 Å². The number of phenolic OH excluding ortho intramolecular Hbond substituents is 1. The summed E-state index contributed by atoms with van der Waals surface area (Å²) in [5.74, 6) is -0.934. The third-order valence-corrected chi connectivity index (χ3v) is 7.78. The molecule has 0 atom stereocenters. The molecule has 206 valence electrons. The zero-order chi connectivity index (χ0) is 28.9. The topological polar surface area (TPSA) is 84.5 Å². The van der Waals surface area contributed by atoms with E-state index in [1.165, 1.54) is 27.3 Å². The first-order chi connectivity index (χ1) is 19.0. The third-order valence-electron chi connectivity index (χ3n) is 7.47. The van der Waals surface area contributed by atoms with E-state index in [1.54, 1.807) is 17.0 Å². The second kappa shape index (κ2) is 10.4. The first-order valence-corrected chi connectivity index (χ1v) is 13.4. The number of benzene rings is 3. The lowest BCUT2D eigenvalue weighted by molar-refractivity contribution is -0.132. The highest BCUT2D eigenvalue weighted by molar-refractivity contribution is 6.34. The average Bonchev–Trinajstić information content (AvgIpc) is 2.89. The fourth-order valence-corrected chi connectivity index (χ4v) is 5.67. The van der Waals surface area contributed by atoms with Crippen molar-refractivity contribution in [3.63, 3.8) is 0 Å². The Morgan fingerprint density at radius 2 is 1.82 bits per heavy atom. The zero-order valence-electron chi connectivity index (χ0n) is 22.4. The largest absolute Gasteiger partial charge is 0.508 e. The Morgan fingerprint density at radius 3 is 2.50 bits per heavy atom. The number of aromatic nitrogens is 2. The summed E-state index contributed by atoms with van der Waals surface area (Å²) in [6.45, 7) is 10.4. The van der Waals surface area contributed by atoms with Crippen LogP contribution in [-0.2, 0) is 11.3 Å². The van der Waals surface area contributed by atoms with Crippen molar-refractivity contribution in [2.45, 2.75) is 33.2 Å². The summed E-state index contributed by atoms with van der Waals surface area (Å²) >= 11 is 6.69. The molecule has 1 amide bonds. The number of nitrogens with zero attached hydrogens (tertiary/aromatic N) is 3. The van der Waals surface area contributed by atoms with Crippen molar-refractivity contribution in [2.75, 3.05) is 13.1 Å². The van der Waals surface area contributed by atoms with Gasteiger partial charge in [-0.2, -0.15) is 0 Å². The van der Waals surface area contributed by atoms with Crippen LogP contribution in [0.3, 0.4) is 0 Å². The molecule has 0 unspecified atom stereocenters. The Labute approximate surface area is 235 Å². The molecule has 1 aliphatic heterocycles. The lowest BCUT2D eigenvalue weighted by Gasteiger charge is -2.39. The molecule has 2 heterocycles. The third kappa shape index (κ3) is 4.62. The second-order valence-corrected chi connectivity index (χ2v) is 10.9. The SMILES string of the molecule is C=CC(=O)N1CC(Cn2c(=O)c(=O)n(-c3c(C)cccc3C(C)C)c3cc(-c4cc(O)ccc4F)c(Cl)cc32)C1. The van der Waals surface area contributed by atoms with Gasteiger partial charge in [-0.05, 0) is 60.4 Å². The molecule has 0 spiro atoms. The molecule has 7 nitrogen and oxygen atoms in total. The maximum Gasteiger partial charge on any atom is 0.321 e. The minimum atomic E-state index is -0.744. The van der Waals surface area contributed by atoms with Crippen LogP contribution >= 0.6 is 11.6 Å². The summed E-state index contributed by atoms with van der Waals surface area (Å²) in [5, 5.41) is 10.2. The number of fused-ring (bicyclic) bond motifs is 1. The van der Waals surface area contributed by atoms with Crippen LogP contribution in [0, 0.1) is 18.7 Å². The quantitative estimate of drug-likeness (QED) is 0.252. The van der Waals surface area contributed by atoms with Crippen molar-refractivity contribution in [2.24, 2.45) is 5.92 Å². The highest BCUT2D eigenvalue weighted by Crippen LogP contribution is 2.36. The Kier molecular flexibility index (Phi) is 7.14. The van der Waals surface area contributed by atoms with E-state index in [2.05, 4.69) is 6.58 Å². The first kappa shape index (κ1) is 27.4. The van der Waals surface area contributed by atoms with Crippen molar-refractivity contribution in [3.8, 4) is 22.6 Å². The molecule has 0 aliphatic carbocycles. The van der Waals surface area contributed by atoms with E-state index in [1.807, 2.05) is 39.0 Å². The molecule has 40 heavy (non-hydrogen) atoms. The number of carbonyl (C=O) groups excluding carboxylic acids is 1. The summed E-state index contributed by atoms with van der Waals surface area (Å²) in [5.41, 5.74) is 1.92. The van der Waals surface area contributed by atoms with Crippen molar-refractivity contribution < 1.29 is 14.3 Å². The molecule has 1 aliphatic rings. The van der Waals surface area contributed by atoms with Gasteiger partial charge in [0.1, 0.15) is 11.6 Å². The van der Waals surface area contributed by atoms with Crippen molar-refractivity contribution in [1.29, 1.82) is 0 Å². The maximum atomic E-state index is 14.9. The second-order valence-electron chi connectivity index (χ2n) is 10.5. The van der Waals surface area contributed by atoms with Gasteiger partial charge < -0.3 is 14.6 Å². The van der Waals surface area contributed by atoms with Crippen molar-refractivity contribution >= 4 is 28.5 Å². The van der Waals surface area contributed by atoms with Gasteiger partial charge in [-0.15, -0.1) is 0 Å². The Morgan fingerprint density at radius 1 is 1.10 bits per heavy atom. The number of likely N-dealkylation sites (tertiary alicyclic amines) is 1. The lowest BCUT2D eigenvalue weighted by Crippen LogP contribution is -2.52. The molecule has 1 fully saturated rings. The summed E-state index contributed by atoms with van der Waals surface area (Å²) in [4.78, 5) is 41.1. The van der Waals surface area contributed by atoms with Gasteiger partial charge in [0.15, 0.2) is 0 Å². The number of para-hydroxylation sites is 1. The Bertz CT molecular complexity index is 1800.